The molecule has 12 heteroatoms. The van der Waals surface area contributed by atoms with Crippen LogP contribution in [0.25, 0.3) is 0 Å². The average Bonchev–Trinajstić information content (AvgIpc) is 3.14. The highest BCUT2D eigenvalue weighted by atomic mass is 32.2. The standard InChI is InChI=1S/C26H32N4O7S/c1-3-5-14-27-25(34)24(20-10-6-18(4-2)7-11-20)30(17-23(32)33)26(35)21-12-8-19(9-13-21)15-29-16-22(31)28-38(29,36)37/h6-13,24H,3-5,14-17H2,1-2H3,(H,27,34)(H,28,31)(H,32,33). The van der Waals surface area contributed by atoms with Crippen LogP contribution >= 0.6 is 0 Å². The summed E-state index contributed by atoms with van der Waals surface area (Å²) in [7, 11) is -3.91. The number of amides is 3. The van der Waals surface area contributed by atoms with E-state index in [4.69, 9.17) is 0 Å². The van der Waals surface area contributed by atoms with Crippen molar-refractivity contribution in [2.45, 2.75) is 45.7 Å². The van der Waals surface area contributed by atoms with E-state index in [0.29, 0.717) is 17.7 Å². The first-order chi connectivity index (χ1) is 18.1. The molecule has 1 aliphatic rings. The van der Waals surface area contributed by atoms with Gasteiger partial charge >= 0.3 is 16.2 Å². The van der Waals surface area contributed by atoms with Crippen molar-refractivity contribution in [3.05, 3.63) is 70.8 Å². The molecule has 0 bridgehead atoms. The van der Waals surface area contributed by atoms with Crippen LogP contribution in [0.3, 0.4) is 0 Å². The summed E-state index contributed by atoms with van der Waals surface area (Å²) < 4.78 is 26.8. The van der Waals surface area contributed by atoms with Crippen LogP contribution in [0, 0.1) is 0 Å². The van der Waals surface area contributed by atoms with E-state index in [9.17, 15) is 32.7 Å². The zero-order valence-electron chi connectivity index (χ0n) is 21.3. The molecule has 1 saturated heterocycles. The highest BCUT2D eigenvalue weighted by molar-refractivity contribution is 7.88. The summed E-state index contributed by atoms with van der Waals surface area (Å²) in [5.74, 6) is -3.05. The van der Waals surface area contributed by atoms with E-state index in [2.05, 4.69) is 5.32 Å². The molecule has 1 heterocycles. The number of aliphatic carboxylic acids is 1. The zero-order valence-corrected chi connectivity index (χ0v) is 22.2. The molecule has 1 atom stereocenters. The van der Waals surface area contributed by atoms with Crippen molar-refractivity contribution < 1.29 is 32.7 Å². The van der Waals surface area contributed by atoms with Crippen molar-refractivity contribution in [3.63, 3.8) is 0 Å². The first-order valence-electron chi connectivity index (χ1n) is 12.3. The second kappa shape index (κ2) is 12.7. The fourth-order valence-electron chi connectivity index (χ4n) is 4.07. The second-order valence-corrected chi connectivity index (χ2v) is 10.6. The number of carboxylic acids is 1. The first-order valence-corrected chi connectivity index (χ1v) is 13.8. The fraction of sp³-hybridized carbons (Fsp3) is 0.385. The van der Waals surface area contributed by atoms with Crippen LogP contribution in [0.4, 0.5) is 0 Å². The number of aryl methyl sites for hydroxylation is 1. The SMILES string of the molecule is CCCCNC(=O)C(c1ccc(CC)cc1)N(CC(=O)O)C(=O)c1ccc(CN2CC(=O)NS2(=O)=O)cc1. The number of nitrogens with zero attached hydrogens (tertiary/aromatic N) is 2. The van der Waals surface area contributed by atoms with Crippen molar-refractivity contribution in [2.24, 2.45) is 0 Å². The lowest BCUT2D eigenvalue weighted by atomic mass is 10.00. The summed E-state index contributed by atoms with van der Waals surface area (Å²) in [6.45, 7) is 3.26. The molecule has 2 aromatic carbocycles. The van der Waals surface area contributed by atoms with Crippen LogP contribution in [0.15, 0.2) is 48.5 Å². The quantitative estimate of drug-likeness (QED) is 0.343. The number of unbranched alkanes of at least 4 members (excludes halogenated alkanes) is 1. The topological polar surface area (TPSA) is 153 Å². The van der Waals surface area contributed by atoms with E-state index < -0.39 is 46.5 Å². The third kappa shape index (κ3) is 7.17. The maximum Gasteiger partial charge on any atom is 0.323 e. The minimum Gasteiger partial charge on any atom is -0.480 e. The van der Waals surface area contributed by atoms with Crippen molar-refractivity contribution >= 4 is 33.9 Å². The molecule has 0 saturated carbocycles. The van der Waals surface area contributed by atoms with Gasteiger partial charge in [-0.2, -0.15) is 12.7 Å². The summed E-state index contributed by atoms with van der Waals surface area (Å²) >= 11 is 0. The van der Waals surface area contributed by atoms with Gasteiger partial charge < -0.3 is 15.3 Å². The Morgan fingerprint density at radius 2 is 1.68 bits per heavy atom. The molecule has 0 aromatic heterocycles. The van der Waals surface area contributed by atoms with Crippen molar-refractivity contribution in [2.75, 3.05) is 19.6 Å². The highest BCUT2D eigenvalue weighted by Crippen LogP contribution is 2.25. The lowest BCUT2D eigenvalue weighted by Crippen LogP contribution is -2.46. The summed E-state index contributed by atoms with van der Waals surface area (Å²) in [4.78, 5) is 51.1. The number of hydrogen-bond acceptors (Lipinski definition) is 6. The Morgan fingerprint density at radius 3 is 2.21 bits per heavy atom. The zero-order chi connectivity index (χ0) is 27.9. The van der Waals surface area contributed by atoms with Gasteiger partial charge in [0.2, 0.25) is 11.8 Å². The Kier molecular flexibility index (Phi) is 9.59. The van der Waals surface area contributed by atoms with Gasteiger partial charge in [-0.25, -0.2) is 4.72 Å². The normalized spacial score (nSPS) is 15.5. The number of carbonyl (C=O) groups is 4. The smallest absolute Gasteiger partial charge is 0.323 e. The average molecular weight is 545 g/mol. The molecule has 1 aliphatic heterocycles. The van der Waals surface area contributed by atoms with Gasteiger partial charge in [0, 0.05) is 18.7 Å². The van der Waals surface area contributed by atoms with E-state index >= 15 is 0 Å². The molecule has 1 unspecified atom stereocenters. The minimum absolute atomic E-state index is 0.0827. The van der Waals surface area contributed by atoms with Gasteiger partial charge in [-0.15, -0.1) is 0 Å². The molecular formula is C26H32N4O7S. The summed E-state index contributed by atoms with van der Waals surface area (Å²) in [5, 5.41) is 12.4. The van der Waals surface area contributed by atoms with E-state index in [1.54, 1.807) is 12.1 Å². The molecule has 2 aromatic rings. The number of benzene rings is 2. The van der Waals surface area contributed by atoms with Crippen molar-refractivity contribution in [1.82, 2.24) is 19.2 Å². The number of nitrogens with one attached hydrogen (secondary N) is 2. The van der Waals surface area contributed by atoms with Crippen LogP contribution in [0.5, 0.6) is 0 Å². The van der Waals surface area contributed by atoms with Crippen molar-refractivity contribution in [3.8, 4) is 0 Å². The molecule has 38 heavy (non-hydrogen) atoms. The highest BCUT2D eigenvalue weighted by Gasteiger charge is 2.35. The third-order valence-electron chi connectivity index (χ3n) is 6.12. The molecule has 204 valence electrons. The molecule has 1 fully saturated rings. The number of rotatable bonds is 12. The molecule has 0 aliphatic carbocycles. The van der Waals surface area contributed by atoms with E-state index in [1.807, 2.05) is 30.7 Å². The van der Waals surface area contributed by atoms with Crippen LogP contribution in [0.2, 0.25) is 0 Å². The fourth-order valence-corrected chi connectivity index (χ4v) is 5.16. The number of carbonyl (C=O) groups excluding carboxylic acids is 3. The van der Waals surface area contributed by atoms with E-state index in [0.717, 1.165) is 34.0 Å². The summed E-state index contributed by atoms with van der Waals surface area (Å²) in [6, 6.07) is 11.9. The van der Waals surface area contributed by atoms with Gasteiger partial charge in [0.05, 0.1) is 6.54 Å². The first kappa shape index (κ1) is 28.8. The lowest BCUT2D eigenvalue weighted by molar-refractivity contribution is -0.139. The second-order valence-electron chi connectivity index (χ2n) is 8.96. The Bertz CT molecular complexity index is 1280. The van der Waals surface area contributed by atoms with Crippen LogP contribution in [-0.4, -0.2) is 66.1 Å². The van der Waals surface area contributed by atoms with Gasteiger partial charge in [-0.3, -0.25) is 19.2 Å². The van der Waals surface area contributed by atoms with Crippen LogP contribution in [0.1, 0.15) is 59.8 Å². The maximum absolute atomic E-state index is 13.6. The minimum atomic E-state index is -3.91. The van der Waals surface area contributed by atoms with Gasteiger partial charge in [0.15, 0.2) is 0 Å². The van der Waals surface area contributed by atoms with Crippen LogP contribution in [-0.2, 0) is 37.6 Å². The van der Waals surface area contributed by atoms with E-state index in [-0.39, 0.29) is 18.7 Å². The molecule has 0 radical (unpaired) electrons. The third-order valence-corrected chi connectivity index (χ3v) is 7.55. The summed E-state index contributed by atoms with van der Waals surface area (Å²) in [5.41, 5.74) is 2.17. The lowest BCUT2D eigenvalue weighted by Gasteiger charge is -2.30. The summed E-state index contributed by atoms with van der Waals surface area (Å²) in [6.07, 6.45) is 2.36. The molecule has 3 N–H and O–H groups in total. The van der Waals surface area contributed by atoms with E-state index in [1.165, 1.54) is 24.3 Å². The predicted molar refractivity (Wildman–Crippen MR) is 139 cm³/mol. The molecule has 3 amide bonds. The van der Waals surface area contributed by atoms with Gasteiger partial charge in [0.1, 0.15) is 12.6 Å². The Morgan fingerprint density at radius 1 is 1.05 bits per heavy atom. The molecule has 0 spiro atoms. The molecular weight excluding hydrogens is 512 g/mol. The maximum atomic E-state index is 13.6. The number of carboxylic acid groups (broad SMARTS) is 1. The van der Waals surface area contributed by atoms with Gasteiger partial charge in [0.25, 0.3) is 5.91 Å². The van der Waals surface area contributed by atoms with Gasteiger partial charge in [-0.05, 0) is 41.7 Å². The van der Waals surface area contributed by atoms with Gasteiger partial charge in [-0.1, -0.05) is 56.7 Å². The molecule has 11 nitrogen and oxygen atoms in total. The van der Waals surface area contributed by atoms with Crippen molar-refractivity contribution in [1.29, 1.82) is 0 Å². The largest absolute Gasteiger partial charge is 0.480 e. The molecule has 3 rings (SSSR count). The monoisotopic (exact) mass is 544 g/mol. The van der Waals surface area contributed by atoms with Crippen LogP contribution < -0.4 is 10.0 Å². The predicted octanol–water partition coefficient (Wildman–Crippen LogP) is 1.61. The Balaban J connectivity index is 1.90. The number of hydrogen-bond donors (Lipinski definition) is 3. The Hall–Kier alpha value is -3.77. The Labute approximate surface area is 222 Å².